The summed E-state index contributed by atoms with van der Waals surface area (Å²) in [6.45, 7) is 10.7. The molecule has 1 amide bonds. The Morgan fingerprint density at radius 1 is 1.44 bits per heavy atom. The third kappa shape index (κ3) is 4.42. The van der Waals surface area contributed by atoms with Crippen LogP contribution in [-0.2, 0) is 4.79 Å². The summed E-state index contributed by atoms with van der Waals surface area (Å²) < 4.78 is 0. The molecule has 1 N–H and O–H groups in total. The number of nitrogens with one attached hydrogen (secondary N) is 1. The number of carbonyl (C=O) groups is 1. The Labute approximate surface area is 114 Å². The minimum Gasteiger partial charge on any atom is -0.337 e. The average Bonchev–Trinajstić information content (AvgIpc) is 2.69. The molecule has 0 radical (unpaired) electrons. The van der Waals surface area contributed by atoms with Gasteiger partial charge in [-0.2, -0.15) is 0 Å². The molecule has 102 valence electrons. The van der Waals surface area contributed by atoms with Crippen molar-refractivity contribution in [3.63, 3.8) is 0 Å². The molecule has 4 heteroatoms. The van der Waals surface area contributed by atoms with Gasteiger partial charge in [-0.05, 0) is 46.8 Å². The average molecular weight is 268 g/mol. The summed E-state index contributed by atoms with van der Waals surface area (Å²) in [6, 6.07) is 4.34. The van der Waals surface area contributed by atoms with E-state index in [0.29, 0.717) is 6.54 Å². The summed E-state index contributed by atoms with van der Waals surface area (Å²) in [4.78, 5) is 16.4. The van der Waals surface area contributed by atoms with Gasteiger partial charge in [0, 0.05) is 22.3 Å². The summed E-state index contributed by atoms with van der Waals surface area (Å²) in [5, 5.41) is 3.23. The highest BCUT2D eigenvalue weighted by Crippen LogP contribution is 2.26. The second kappa shape index (κ2) is 5.85. The van der Waals surface area contributed by atoms with Gasteiger partial charge in [0.15, 0.2) is 0 Å². The van der Waals surface area contributed by atoms with Crippen molar-refractivity contribution in [3.8, 4) is 0 Å². The van der Waals surface area contributed by atoms with Crippen LogP contribution in [0.4, 0.5) is 0 Å². The number of nitrogens with zero attached hydrogens (tertiary/aromatic N) is 1. The van der Waals surface area contributed by atoms with Gasteiger partial charge >= 0.3 is 0 Å². The number of hydrogen-bond donors (Lipinski definition) is 1. The Bertz CT molecular complexity index is 406. The van der Waals surface area contributed by atoms with Crippen molar-refractivity contribution < 1.29 is 4.79 Å². The van der Waals surface area contributed by atoms with Crippen LogP contribution in [0.5, 0.6) is 0 Å². The predicted molar refractivity (Wildman–Crippen MR) is 78.0 cm³/mol. The molecule has 0 aliphatic heterocycles. The molecule has 1 atom stereocenters. The molecule has 0 saturated carbocycles. The lowest BCUT2D eigenvalue weighted by Crippen LogP contribution is -2.44. The van der Waals surface area contributed by atoms with Gasteiger partial charge in [0.05, 0.1) is 12.6 Å². The lowest BCUT2D eigenvalue weighted by atomic mass is 10.1. The standard InChI is InChI=1S/C14H24N2OS/c1-10-7-8-12(18-10)11(2)16(6)13(17)9-15-14(3,4)5/h7-8,11,15H,9H2,1-6H3. The minimum atomic E-state index is -0.0285. The van der Waals surface area contributed by atoms with E-state index in [0.717, 1.165) is 0 Å². The number of thiophene rings is 1. The molecule has 1 aromatic rings. The highest BCUT2D eigenvalue weighted by atomic mass is 32.1. The van der Waals surface area contributed by atoms with Gasteiger partial charge < -0.3 is 10.2 Å². The van der Waals surface area contributed by atoms with Crippen molar-refractivity contribution >= 4 is 17.2 Å². The van der Waals surface area contributed by atoms with Crippen LogP contribution < -0.4 is 5.32 Å². The van der Waals surface area contributed by atoms with Gasteiger partial charge in [0.2, 0.25) is 5.91 Å². The van der Waals surface area contributed by atoms with E-state index in [4.69, 9.17) is 0 Å². The molecular weight excluding hydrogens is 244 g/mol. The summed E-state index contributed by atoms with van der Waals surface area (Å²) in [5.41, 5.74) is -0.0285. The fourth-order valence-corrected chi connectivity index (χ4v) is 2.52. The first-order valence-electron chi connectivity index (χ1n) is 6.28. The van der Waals surface area contributed by atoms with Crippen LogP contribution in [0.25, 0.3) is 0 Å². The van der Waals surface area contributed by atoms with Gasteiger partial charge in [0.25, 0.3) is 0 Å². The fraction of sp³-hybridized carbons (Fsp3) is 0.643. The van der Waals surface area contributed by atoms with Crippen LogP contribution in [0.1, 0.15) is 43.5 Å². The van der Waals surface area contributed by atoms with Crippen molar-refractivity contribution in [2.75, 3.05) is 13.6 Å². The first kappa shape index (κ1) is 15.2. The Morgan fingerprint density at radius 3 is 2.50 bits per heavy atom. The van der Waals surface area contributed by atoms with Crippen LogP contribution in [0.2, 0.25) is 0 Å². The van der Waals surface area contributed by atoms with Crippen molar-refractivity contribution in [1.29, 1.82) is 0 Å². The number of hydrogen-bond acceptors (Lipinski definition) is 3. The molecule has 0 saturated heterocycles. The zero-order chi connectivity index (χ0) is 13.9. The molecule has 1 unspecified atom stereocenters. The number of rotatable bonds is 4. The zero-order valence-corrected chi connectivity index (χ0v) is 13.0. The maximum absolute atomic E-state index is 12.1. The number of carbonyl (C=O) groups excluding carboxylic acids is 1. The zero-order valence-electron chi connectivity index (χ0n) is 12.2. The molecule has 1 aromatic heterocycles. The van der Waals surface area contributed by atoms with Crippen molar-refractivity contribution in [1.82, 2.24) is 10.2 Å². The summed E-state index contributed by atoms with van der Waals surface area (Å²) in [6.07, 6.45) is 0. The molecule has 0 fully saturated rings. The number of likely N-dealkylation sites (N-methyl/N-ethyl adjacent to an activating group) is 1. The maximum Gasteiger partial charge on any atom is 0.236 e. The molecule has 18 heavy (non-hydrogen) atoms. The van der Waals surface area contributed by atoms with E-state index in [1.54, 1.807) is 11.3 Å². The highest BCUT2D eigenvalue weighted by Gasteiger charge is 2.20. The van der Waals surface area contributed by atoms with Crippen LogP contribution in [0, 0.1) is 6.92 Å². The number of amides is 1. The Balaban J connectivity index is 2.58. The van der Waals surface area contributed by atoms with Gasteiger partial charge in [-0.1, -0.05) is 0 Å². The molecule has 0 spiro atoms. The third-order valence-electron chi connectivity index (χ3n) is 2.92. The van der Waals surface area contributed by atoms with Crippen molar-refractivity contribution in [2.45, 2.75) is 46.2 Å². The SMILES string of the molecule is Cc1ccc(C(C)N(C)C(=O)CNC(C)(C)C)s1. The van der Waals surface area contributed by atoms with Gasteiger partial charge in [-0.25, -0.2) is 0 Å². The van der Waals surface area contributed by atoms with Crippen LogP contribution >= 0.6 is 11.3 Å². The molecule has 0 aliphatic carbocycles. The van der Waals surface area contributed by atoms with Crippen molar-refractivity contribution in [2.24, 2.45) is 0 Å². The fourth-order valence-electron chi connectivity index (χ4n) is 1.55. The van der Waals surface area contributed by atoms with E-state index in [1.807, 2.05) is 11.9 Å². The van der Waals surface area contributed by atoms with Gasteiger partial charge in [-0.15, -0.1) is 11.3 Å². The molecule has 1 rings (SSSR count). The van der Waals surface area contributed by atoms with E-state index in [1.165, 1.54) is 9.75 Å². The Kier molecular flexibility index (Phi) is 4.93. The Hall–Kier alpha value is -0.870. The van der Waals surface area contributed by atoms with E-state index >= 15 is 0 Å². The summed E-state index contributed by atoms with van der Waals surface area (Å²) >= 11 is 1.75. The second-order valence-corrected chi connectivity index (χ2v) is 7.05. The van der Waals surface area contributed by atoms with E-state index in [9.17, 15) is 4.79 Å². The molecule has 0 aliphatic rings. The normalized spacial score (nSPS) is 13.4. The molecule has 0 aromatic carbocycles. The lowest BCUT2D eigenvalue weighted by molar-refractivity contribution is -0.131. The van der Waals surface area contributed by atoms with Gasteiger partial charge in [-0.3, -0.25) is 4.79 Å². The first-order chi connectivity index (χ1) is 8.20. The molecule has 0 bridgehead atoms. The van der Waals surface area contributed by atoms with Crippen LogP contribution in [0.15, 0.2) is 12.1 Å². The lowest BCUT2D eigenvalue weighted by Gasteiger charge is -2.27. The molecule has 3 nitrogen and oxygen atoms in total. The summed E-state index contributed by atoms with van der Waals surface area (Å²) in [7, 11) is 1.87. The molecular formula is C14H24N2OS. The largest absolute Gasteiger partial charge is 0.337 e. The summed E-state index contributed by atoms with van der Waals surface area (Å²) in [5.74, 6) is 0.128. The number of aryl methyl sites for hydroxylation is 1. The molecule has 1 heterocycles. The van der Waals surface area contributed by atoms with Gasteiger partial charge in [0.1, 0.15) is 0 Å². The first-order valence-corrected chi connectivity index (χ1v) is 7.09. The van der Waals surface area contributed by atoms with E-state index < -0.39 is 0 Å². The minimum absolute atomic E-state index is 0.0285. The van der Waals surface area contributed by atoms with Crippen LogP contribution in [0.3, 0.4) is 0 Å². The predicted octanol–water partition coefficient (Wildman–Crippen LogP) is 2.96. The van der Waals surface area contributed by atoms with E-state index in [-0.39, 0.29) is 17.5 Å². The van der Waals surface area contributed by atoms with Crippen molar-refractivity contribution in [3.05, 3.63) is 21.9 Å². The smallest absolute Gasteiger partial charge is 0.236 e. The monoisotopic (exact) mass is 268 g/mol. The highest BCUT2D eigenvalue weighted by molar-refractivity contribution is 7.12. The quantitative estimate of drug-likeness (QED) is 0.910. The second-order valence-electron chi connectivity index (χ2n) is 5.73. The topological polar surface area (TPSA) is 32.3 Å². The Morgan fingerprint density at radius 2 is 2.06 bits per heavy atom. The van der Waals surface area contributed by atoms with E-state index in [2.05, 4.69) is 52.1 Å². The van der Waals surface area contributed by atoms with Crippen LogP contribution in [-0.4, -0.2) is 29.9 Å². The maximum atomic E-state index is 12.1. The third-order valence-corrected chi connectivity index (χ3v) is 4.09.